The van der Waals surface area contributed by atoms with E-state index >= 15 is 0 Å². The van der Waals surface area contributed by atoms with Crippen molar-refractivity contribution in [2.45, 2.75) is 17.9 Å². The fourth-order valence-corrected chi connectivity index (χ4v) is 3.47. The monoisotopic (exact) mass is 279 g/mol. The van der Waals surface area contributed by atoms with Gasteiger partial charge in [-0.15, -0.1) is 0 Å². The fourth-order valence-electron chi connectivity index (χ4n) is 1.99. The Morgan fingerprint density at radius 2 is 2.11 bits per heavy atom. The largest absolute Gasteiger partial charge is 0.327 e. The van der Waals surface area contributed by atoms with Crippen LogP contribution in [0.1, 0.15) is 6.92 Å². The molecular weight excluding hydrogens is 262 g/mol. The number of aromatic nitrogens is 1. The standard InChI is InChI=1S/C13H17N3O2S/c1-10(14)9-16(2)19(17,18)13-5-3-4-11-8-15-7-6-12(11)13/h3-8,10H,9,14H2,1-2H3. The fraction of sp³-hybridized carbons (Fsp3) is 0.308. The van der Waals surface area contributed by atoms with E-state index in [0.29, 0.717) is 5.39 Å². The Bertz CT molecular complexity index is 678. The second kappa shape index (κ2) is 5.24. The lowest BCUT2D eigenvalue weighted by Gasteiger charge is -2.20. The average molecular weight is 279 g/mol. The van der Waals surface area contributed by atoms with Crippen LogP contribution in [0.4, 0.5) is 0 Å². The van der Waals surface area contributed by atoms with Crippen LogP contribution in [-0.2, 0) is 10.0 Å². The summed E-state index contributed by atoms with van der Waals surface area (Å²) in [7, 11) is -1.99. The molecule has 0 bridgehead atoms. The summed E-state index contributed by atoms with van der Waals surface area (Å²) in [4.78, 5) is 4.29. The van der Waals surface area contributed by atoms with Crippen molar-refractivity contribution in [3.63, 3.8) is 0 Å². The van der Waals surface area contributed by atoms with Crippen LogP contribution in [0.15, 0.2) is 41.6 Å². The van der Waals surface area contributed by atoms with Crippen molar-refractivity contribution in [1.29, 1.82) is 0 Å². The molecule has 0 aliphatic rings. The van der Waals surface area contributed by atoms with Gasteiger partial charge >= 0.3 is 0 Å². The van der Waals surface area contributed by atoms with E-state index in [1.54, 1.807) is 44.6 Å². The Labute approximate surface area is 113 Å². The van der Waals surface area contributed by atoms with Crippen molar-refractivity contribution in [3.05, 3.63) is 36.7 Å². The quantitative estimate of drug-likeness (QED) is 0.912. The normalized spacial score (nSPS) is 13.9. The lowest BCUT2D eigenvalue weighted by molar-refractivity contribution is 0.446. The average Bonchev–Trinajstić information content (AvgIpc) is 2.37. The molecule has 1 heterocycles. The van der Waals surface area contributed by atoms with Crippen molar-refractivity contribution in [2.24, 2.45) is 5.73 Å². The van der Waals surface area contributed by atoms with Crippen LogP contribution in [0.25, 0.3) is 10.8 Å². The molecule has 0 aliphatic heterocycles. The second-order valence-electron chi connectivity index (χ2n) is 4.62. The maximum atomic E-state index is 12.5. The SMILES string of the molecule is CC(N)CN(C)S(=O)(=O)c1cccc2cnccc12. The summed E-state index contributed by atoms with van der Waals surface area (Å²) in [5.41, 5.74) is 5.66. The van der Waals surface area contributed by atoms with Gasteiger partial charge in [0.15, 0.2) is 0 Å². The minimum atomic E-state index is -3.54. The summed E-state index contributed by atoms with van der Waals surface area (Å²) in [6.07, 6.45) is 3.24. The molecule has 1 atom stereocenters. The first-order valence-electron chi connectivity index (χ1n) is 5.97. The molecule has 0 amide bonds. The molecule has 19 heavy (non-hydrogen) atoms. The molecule has 0 fully saturated rings. The van der Waals surface area contributed by atoms with Crippen LogP contribution >= 0.6 is 0 Å². The Morgan fingerprint density at radius 1 is 1.37 bits per heavy atom. The zero-order chi connectivity index (χ0) is 14.0. The number of hydrogen-bond acceptors (Lipinski definition) is 4. The topological polar surface area (TPSA) is 76.3 Å². The van der Waals surface area contributed by atoms with Gasteiger partial charge < -0.3 is 5.73 Å². The first-order valence-corrected chi connectivity index (χ1v) is 7.41. The Morgan fingerprint density at radius 3 is 2.79 bits per heavy atom. The van der Waals surface area contributed by atoms with Gasteiger partial charge in [-0.3, -0.25) is 4.98 Å². The summed E-state index contributed by atoms with van der Waals surface area (Å²) in [6.45, 7) is 2.06. The van der Waals surface area contributed by atoms with Crippen LogP contribution in [-0.4, -0.2) is 37.3 Å². The Kier molecular flexibility index (Phi) is 3.84. The Balaban J connectivity index is 2.55. The van der Waals surface area contributed by atoms with Crippen LogP contribution in [0.5, 0.6) is 0 Å². The van der Waals surface area contributed by atoms with Gasteiger partial charge in [0, 0.05) is 42.8 Å². The number of nitrogens with zero attached hydrogens (tertiary/aromatic N) is 2. The maximum absolute atomic E-state index is 12.5. The minimum absolute atomic E-state index is 0.212. The molecule has 0 aliphatic carbocycles. The van der Waals surface area contributed by atoms with Crippen molar-refractivity contribution in [2.75, 3.05) is 13.6 Å². The number of rotatable bonds is 4. The minimum Gasteiger partial charge on any atom is -0.327 e. The second-order valence-corrected chi connectivity index (χ2v) is 6.63. The van der Waals surface area contributed by atoms with E-state index in [1.807, 2.05) is 6.07 Å². The van der Waals surface area contributed by atoms with Crippen LogP contribution in [0.2, 0.25) is 0 Å². The van der Waals surface area contributed by atoms with Gasteiger partial charge in [0.1, 0.15) is 0 Å². The third-order valence-electron chi connectivity index (χ3n) is 2.87. The van der Waals surface area contributed by atoms with E-state index in [1.165, 1.54) is 4.31 Å². The van der Waals surface area contributed by atoms with E-state index < -0.39 is 10.0 Å². The predicted molar refractivity (Wildman–Crippen MR) is 75.2 cm³/mol. The summed E-state index contributed by atoms with van der Waals surface area (Å²) in [5.74, 6) is 0. The number of fused-ring (bicyclic) bond motifs is 1. The molecule has 1 aromatic carbocycles. The molecule has 1 unspecified atom stereocenters. The first-order chi connectivity index (χ1) is 8.93. The highest BCUT2D eigenvalue weighted by atomic mass is 32.2. The molecule has 6 heteroatoms. The number of nitrogens with two attached hydrogens (primary N) is 1. The van der Waals surface area contributed by atoms with Gasteiger partial charge in [-0.05, 0) is 19.1 Å². The highest BCUT2D eigenvalue weighted by Crippen LogP contribution is 2.24. The van der Waals surface area contributed by atoms with Crippen molar-refractivity contribution >= 4 is 20.8 Å². The van der Waals surface area contributed by atoms with Gasteiger partial charge in [-0.2, -0.15) is 4.31 Å². The van der Waals surface area contributed by atoms with Gasteiger partial charge in [0.05, 0.1) is 4.90 Å². The summed E-state index contributed by atoms with van der Waals surface area (Å²) >= 11 is 0. The van der Waals surface area contributed by atoms with E-state index in [0.717, 1.165) is 5.39 Å². The number of pyridine rings is 1. The molecule has 2 rings (SSSR count). The van der Waals surface area contributed by atoms with Crippen molar-refractivity contribution in [3.8, 4) is 0 Å². The summed E-state index contributed by atoms with van der Waals surface area (Å²) < 4.78 is 26.3. The molecule has 2 aromatic rings. The molecule has 2 N–H and O–H groups in total. The van der Waals surface area contributed by atoms with Gasteiger partial charge in [-0.1, -0.05) is 12.1 Å². The van der Waals surface area contributed by atoms with E-state index in [4.69, 9.17) is 5.73 Å². The number of hydrogen-bond donors (Lipinski definition) is 1. The highest BCUT2D eigenvalue weighted by Gasteiger charge is 2.23. The summed E-state index contributed by atoms with van der Waals surface area (Å²) in [6, 6.07) is 6.66. The zero-order valence-electron chi connectivity index (χ0n) is 10.9. The third-order valence-corrected chi connectivity index (χ3v) is 4.76. The lowest BCUT2D eigenvalue weighted by Crippen LogP contribution is -2.37. The van der Waals surface area contributed by atoms with Crippen LogP contribution < -0.4 is 5.73 Å². The van der Waals surface area contributed by atoms with Crippen molar-refractivity contribution in [1.82, 2.24) is 9.29 Å². The molecule has 102 valence electrons. The van der Waals surface area contributed by atoms with Gasteiger partial charge in [0.2, 0.25) is 10.0 Å². The van der Waals surface area contributed by atoms with E-state index in [9.17, 15) is 8.42 Å². The third kappa shape index (κ3) is 2.75. The first kappa shape index (κ1) is 13.9. The number of benzene rings is 1. The number of likely N-dealkylation sites (N-methyl/N-ethyl adjacent to an activating group) is 1. The zero-order valence-corrected chi connectivity index (χ0v) is 11.8. The molecule has 0 radical (unpaired) electrons. The molecule has 0 saturated heterocycles. The van der Waals surface area contributed by atoms with E-state index in [2.05, 4.69) is 4.98 Å². The predicted octanol–water partition coefficient (Wildman–Crippen LogP) is 1.20. The molecular formula is C13H17N3O2S. The molecule has 5 nitrogen and oxygen atoms in total. The lowest BCUT2D eigenvalue weighted by atomic mass is 10.2. The Hall–Kier alpha value is -1.50. The van der Waals surface area contributed by atoms with Crippen molar-refractivity contribution < 1.29 is 8.42 Å². The maximum Gasteiger partial charge on any atom is 0.243 e. The van der Waals surface area contributed by atoms with Crippen LogP contribution in [0.3, 0.4) is 0 Å². The van der Waals surface area contributed by atoms with E-state index in [-0.39, 0.29) is 17.5 Å². The van der Waals surface area contributed by atoms with Crippen LogP contribution in [0, 0.1) is 0 Å². The highest BCUT2D eigenvalue weighted by molar-refractivity contribution is 7.89. The van der Waals surface area contributed by atoms with Gasteiger partial charge in [-0.25, -0.2) is 8.42 Å². The molecule has 0 spiro atoms. The summed E-state index contributed by atoms with van der Waals surface area (Å²) in [5, 5.41) is 1.48. The molecule has 0 saturated carbocycles. The smallest absolute Gasteiger partial charge is 0.243 e. The number of sulfonamides is 1. The molecule has 1 aromatic heterocycles. The van der Waals surface area contributed by atoms with Gasteiger partial charge in [0.25, 0.3) is 0 Å².